The summed E-state index contributed by atoms with van der Waals surface area (Å²) in [6.45, 7) is 3.00. The minimum atomic E-state index is -0.668. The summed E-state index contributed by atoms with van der Waals surface area (Å²) < 4.78 is 9.95. The summed E-state index contributed by atoms with van der Waals surface area (Å²) >= 11 is 0. The molecule has 1 atom stereocenters. The SMILES string of the molecule is COC(=O)C1COCCN1C(=O)/C=C/c1ccc(C)cc1. The molecule has 0 radical (unpaired) electrons. The average molecular weight is 289 g/mol. The maximum atomic E-state index is 12.2. The van der Waals surface area contributed by atoms with Crippen molar-refractivity contribution in [1.82, 2.24) is 4.90 Å². The van der Waals surface area contributed by atoms with Crippen molar-refractivity contribution in [2.75, 3.05) is 26.9 Å². The van der Waals surface area contributed by atoms with Crippen LogP contribution < -0.4 is 0 Å². The van der Waals surface area contributed by atoms with Crippen LogP contribution in [0.5, 0.6) is 0 Å². The van der Waals surface area contributed by atoms with Crippen molar-refractivity contribution in [3.63, 3.8) is 0 Å². The molecule has 5 heteroatoms. The number of carbonyl (C=O) groups is 2. The second-order valence-electron chi connectivity index (χ2n) is 4.89. The molecule has 5 nitrogen and oxygen atoms in total. The van der Waals surface area contributed by atoms with Crippen LogP contribution in [0.15, 0.2) is 30.3 Å². The van der Waals surface area contributed by atoms with Gasteiger partial charge in [-0.25, -0.2) is 4.79 Å². The smallest absolute Gasteiger partial charge is 0.331 e. The average Bonchev–Trinajstić information content (AvgIpc) is 2.53. The van der Waals surface area contributed by atoms with E-state index in [1.807, 2.05) is 31.2 Å². The molecule has 1 saturated heterocycles. The lowest BCUT2D eigenvalue weighted by Crippen LogP contribution is -2.52. The van der Waals surface area contributed by atoms with E-state index in [-0.39, 0.29) is 12.5 Å². The minimum Gasteiger partial charge on any atom is -0.467 e. The van der Waals surface area contributed by atoms with Gasteiger partial charge in [0.25, 0.3) is 0 Å². The molecule has 2 rings (SSSR count). The van der Waals surface area contributed by atoms with Crippen LogP contribution in [0.25, 0.3) is 6.08 Å². The summed E-state index contributed by atoms with van der Waals surface area (Å²) in [5.41, 5.74) is 2.11. The standard InChI is InChI=1S/C16H19NO4/c1-12-3-5-13(6-4-12)7-8-15(18)17-9-10-21-11-14(17)16(19)20-2/h3-8,14H,9-11H2,1-2H3/b8-7+. The number of rotatable bonds is 3. The maximum absolute atomic E-state index is 12.2. The van der Waals surface area contributed by atoms with Crippen LogP contribution in [-0.4, -0.2) is 49.7 Å². The number of carbonyl (C=O) groups excluding carboxylic acids is 2. The molecule has 0 spiro atoms. The molecule has 1 aliphatic rings. The molecular formula is C16H19NO4. The summed E-state index contributed by atoms with van der Waals surface area (Å²) in [6, 6.07) is 7.18. The molecule has 1 unspecified atom stereocenters. The number of morpholine rings is 1. The minimum absolute atomic E-state index is 0.177. The van der Waals surface area contributed by atoms with Crippen molar-refractivity contribution < 1.29 is 19.1 Å². The van der Waals surface area contributed by atoms with Crippen molar-refractivity contribution >= 4 is 18.0 Å². The van der Waals surface area contributed by atoms with Crippen LogP contribution in [0.4, 0.5) is 0 Å². The van der Waals surface area contributed by atoms with Gasteiger partial charge >= 0.3 is 5.97 Å². The predicted molar refractivity (Wildman–Crippen MR) is 78.5 cm³/mol. The molecule has 1 aromatic carbocycles. The van der Waals surface area contributed by atoms with E-state index in [4.69, 9.17) is 9.47 Å². The zero-order valence-electron chi connectivity index (χ0n) is 12.2. The Balaban J connectivity index is 2.06. The fourth-order valence-corrected chi connectivity index (χ4v) is 2.14. The van der Waals surface area contributed by atoms with Gasteiger partial charge in [-0.3, -0.25) is 4.79 Å². The molecule has 1 amide bonds. The number of nitrogens with zero attached hydrogens (tertiary/aromatic N) is 1. The largest absolute Gasteiger partial charge is 0.467 e. The molecule has 0 saturated carbocycles. The number of benzene rings is 1. The highest BCUT2D eigenvalue weighted by Gasteiger charge is 2.32. The molecule has 0 bridgehead atoms. The predicted octanol–water partition coefficient (Wildman–Crippen LogP) is 1.41. The lowest BCUT2D eigenvalue weighted by Gasteiger charge is -2.32. The Labute approximate surface area is 124 Å². The summed E-state index contributed by atoms with van der Waals surface area (Å²) in [5, 5.41) is 0. The Morgan fingerprint density at radius 3 is 2.71 bits per heavy atom. The number of hydrogen-bond donors (Lipinski definition) is 0. The van der Waals surface area contributed by atoms with Crippen LogP contribution in [0.2, 0.25) is 0 Å². The van der Waals surface area contributed by atoms with Gasteiger partial charge in [-0.2, -0.15) is 0 Å². The van der Waals surface area contributed by atoms with Crippen LogP contribution >= 0.6 is 0 Å². The van der Waals surface area contributed by atoms with E-state index in [0.717, 1.165) is 11.1 Å². The van der Waals surface area contributed by atoms with Gasteiger partial charge in [-0.1, -0.05) is 29.8 Å². The first kappa shape index (κ1) is 15.3. The van der Waals surface area contributed by atoms with Crippen molar-refractivity contribution in [3.05, 3.63) is 41.5 Å². The Hall–Kier alpha value is -2.14. The number of amides is 1. The van der Waals surface area contributed by atoms with Gasteiger partial charge in [0.1, 0.15) is 0 Å². The second kappa shape index (κ2) is 7.04. The third-order valence-corrected chi connectivity index (χ3v) is 3.38. The van der Waals surface area contributed by atoms with E-state index in [1.54, 1.807) is 6.08 Å². The van der Waals surface area contributed by atoms with Crippen molar-refractivity contribution in [2.24, 2.45) is 0 Å². The highest BCUT2D eigenvalue weighted by atomic mass is 16.5. The molecular weight excluding hydrogens is 270 g/mol. The number of ether oxygens (including phenoxy) is 2. The molecule has 1 heterocycles. The topological polar surface area (TPSA) is 55.8 Å². The van der Waals surface area contributed by atoms with Gasteiger partial charge in [0.15, 0.2) is 6.04 Å². The normalized spacial score (nSPS) is 18.8. The van der Waals surface area contributed by atoms with Crippen LogP contribution in [0, 0.1) is 6.92 Å². The zero-order chi connectivity index (χ0) is 15.2. The molecule has 112 valence electrons. The van der Waals surface area contributed by atoms with E-state index >= 15 is 0 Å². The first-order chi connectivity index (χ1) is 10.1. The highest BCUT2D eigenvalue weighted by molar-refractivity contribution is 5.94. The number of methoxy groups -OCH3 is 1. The fourth-order valence-electron chi connectivity index (χ4n) is 2.14. The fraction of sp³-hybridized carbons (Fsp3) is 0.375. The van der Waals surface area contributed by atoms with Gasteiger partial charge in [-0.15, -0.1) is 0 Å². The molecule has 0 aromatic heterocycles. The Morgan fingerprint density at radius 1 is 1.33 bits per heavy atom. The number of hydrogen-bond acceptors (Lipinski definition) is 4. The van der Waals surface area contributed by atoms with Crippen molar-refractivity contribution in [3.8, 4) is 0 Å². The summed E-state index contributed by atoms with van der Waals surface area (Å²) in [5.74, 6) is -0.666. The van der Waals surface area contributed by atoms with Gasteiger partial charge in [-0.05, 0) is 18.6 Å². The summed E-state index contributed by atoms with van der Waals surface area (Å²) in [7, 11) is 1.31. The second-order valence-corrected chi connectivity index (χ2v) is 4.89. The lowest BCUT2D eigenvalue weighted by atomic mass is 10.1. The third-order valence-electron chi connectivity index (χ3n) is 3.38. The molecule has 0 aliphatic carbocycles. The Morgan fingerprint density at radius 2 is 2.05 bits per heavy atom. The molecule has 1 aromatic rings. The zero-order valence-corrected chi connectivity index (χ0v) is 12.2. The van der Waals surface area contributed by atoms with Gasteiger partial charge < -0.3 is 14.4 Å². The van der Waals surface area contributed by atoms with Crippen LogP contribution in [0.3, 0.4) is 0 Å². The lowest BCUT2D eigenvalue weighted by molar-refractivity contribution is -0.158. The van der Waals surface area contributed by atoms with E-state index < -0.39 is 12.0 Å². The van der Waals surface area contributed by atoms with Crippen LogP contribution in [-0.2, 0) is 19.1 Å². The molecule has 0 N–H and O–H groups in total. The first-order valence-corrected chi connectivity index (χ1v) is 6.82. The van der Waals surface area contributed by atoms with Gasteiger partial charge in [0.2, 0.25) is 5.91 Å². The number of esters is 1. The molecule has 1 fully saturated rings. The quantitative estimate of drug-likeness (QED) is 0.623. The Bertz CT molecular complexity index is 536. The first-order valence-electron chi connectivity index (χ1n) is 6.82. The van der Waals surface area contributed by atoms with Crippen molar-refractivity contribution in [2.45, 2.75) is 13.0 Å². The summed E-state index contributed by atoms with van der Waals surface area (Å²) in [4.78, 5) is 25.4. The van der Waals surface area contributed by atoms with Crippen LogP contribution in [0.1, 0.15) is 11.1 Å². The summed E-state index contributed by atoms with van der Waals surface area (Å²) in [6.07, 6.45) is 3.22. The number of aryl methyl sites for hydroxylation is 1. The third kappa shape index (κ3) is 3.92. The maximum Gasteiger partial charge on any atom is 0.331 e. The van der Waals surface area contributed by atoms with E-state index in [1.165, 1.54) is 18.1 Å². The van der Waals surface area contributed by atoms with Crippen molar-refractivity contribution in [1.29, 1.82) is 0 Å². The molecule has 1 aliphatic heterocycles. The molecule has 21 heavy (non-hydrogen) atoms. The van der Waals surface area contributed by atoms with Gasteiger partial charge in [0, 0.05) is 12.6 Å². The highest BCUT2D eigenvalue weighted by Crippen LogP contribution is 2.11. The Kier molecular flexibility index (Phi) is 5.11. The van der Waals surface area contributed by atoms with E-state index in [9.17, 15) is 9.59 Å². The van der Waals surface area contributed by atoms with E-state index in [0.29, 0.717) is 13.2 Å². The van der Waals surface area contributed by atoms with E-state index in [2.05, 4.69) is 0 Å². The van der Waals surface area contributed by atoms with Gasteiger partial charge in [0.05, 0.1) is 20.3 Å². The monoisotopic (exact) mass is 289 g/mol.